The molecule has 0 bridgehead atoms. The van der Waals surface area contributed by atoms with Gasteiger partial charge in [-0.1, -0.05) is 27.5 Å². The number of aliphatic hydroxyl groups excluding tert-OH is 1. The molecule has 0 atom stereocenters. The SMILES string of the molecule is COc1c(Br)cc(Br)cc1C(=O)Nc1ccc(-c2ccc(CO)o2)c(Cl)c1. The van der Waals surface area contributed by atoms with Crippen LogP contribution in [0.4, 0.5) is 5.69 Å². The van der Waals surface area contributed by atoms with Crippen LogP contribution in [0.5, 0.6) is 5.75 Å². The maximum Gasteiger partial charge on any atom is 0.259 e. The predicted octanol–water partition coefficient (Wildman–Crippen LogP) is 5.88. The Hall–Kier alpha value is -1.80. The Bertz CT molecular complexity index is 1000. The molecule has 1 amide bonds. The third-order valence-corrected chi connectivity index (χ3v) is 5.13. The summed E-state index contributed by atoms with van der Waals surface area (Å²) >= 11 is 13.1. The van der Waals surface area contributed by atoms with Gasteiger partial charge in [-0.05, 0) is 58.4 Å². The molecule has 0 unspecified atom stereocenters. The van der Waals surface area contributed by atoms with Crippen LogP contribution in [-0.4, -0.2) is 18.1 Å². The molecule has 0 fully saturated rings. The number of furan rings is 1. The van der Waals surface area contributed by atoms with Crippen molar-refractivity contribution in [3.8, 4) is 17.1 Å². The zero-order valence-electron chi connectivity index (χ0n) is 14.1. The first kappa shape index (κ1) is 19.9. The molecule has 2 N–H and O–H groups in total. The van der Waals surface area contributed by atoms with Crippen molar-refractivity contribution in [3.63, 3.8) is 0 Å². The molecular weight excluding hydrogens is 501 g/mol. The van der Waals surface area contributed by atoms with Crippen LogP contribution in [0.2, 0.25) is 5.02 Å². The summed E-state index contributed by atoms with van der Waals surface area (Å²) in [6, 6.07) is 12.0. The summed E-state index contributed by atoms with van der Waals surface area (Å²) in [5.74, 6) is 1.09. The fourth-order valence-electron chi connectivity index (χ4n) is 2.54. The van der Waals surface area contributed by atoms with Gasteiger partial charge in [0.2, 0.25) is 0 Å². The number of aliphatic hydroxyl groups is 1. The Morgan fingerprint density at radius 2 is 2.00 bits per heavy atom. The van der Waals surface area contributed by atoms with E-state index in [2.05, 4.69) is 37.2 Å². The second-order valence-electron chi connectivity index (χ2n) is 5.54. The maximum absolute atomic E-state index is 12.7. The lowest BCUT2D eigenvalue weighted by molar-refractivity contribution is 0.102. The quantitative estimate of drug-likeness (QED) is 0.445. The minimum absolute atomic E-state index is 0.185. The summed E-state index contributed by atoms with van der Waals surface area (Å²) in [6.45, 7) is -0.185. The molecule has 0 spiro atoms. The molecule has 3 rings (SSSR count). The molecule has 2 aromatic carbocycles. The summed E-state index contributed by atoms with van der Waals surface area (Å²) < 4.78 is 12.2. The highest BCUT2D eigenvalue weighted by atomic mass is 79.9. The van der Waals surface area contributed by atoms with Gasteiger partial charge >= 0.3 is 0 Å². The minimum Gasteiger partial charge on any atom is -0.495 e. The van der Waals surface area contributed by atoms with E-state index in [4.69, 9.17) is 25.9 Å². The van der Waals surface area contributed by atoms with E-state index < -0.39 is 0 Å². The molecule has 140 valence electrons. The van der Waals surface area contributed by atoms with E-state index in [1.165, 1.54) is 7.11 Å². The van der Waals surface area contributed by atoms with Crippen LogP contribution in [-0.2, 0) is 6.61 Å². The van der Waals surface area contributed by atoms with Crippen LogP contribution < -0.4 is 10.1 Å². The van der Waals surface area contributed by atoms with Gasteiger partial charge in [-0.15, -0.1) is 0 Å². The van der Waals surface area contributed by atoms with Crippen LogP contribution in [0.25, 0.3) is 11.3 Å². The van der Waals surface area contributed by atoms with Gasteiger partial charge in [0.15, 0.2) is 0 Å². The van der Waals surface area contributed by atoms with Crippen molar-refractivity contribution < 1.29 is 19.1 Å². The number of methoxy groups -OCH3 is 1. The Balaban J connectivity index is 1.86. The van der Waals surface area contributed by atoms with Gasteiger partial charge in [0.05, 0.1) is 22.2 Å². The molecule has 0 radical (unpaired) electrons. The molecule has 1 heterocycles. The van der Waals surface area contributed by atoms with Crippen molar-refractivity contribution in [2.24, 2.45) is 0 Å². The lowest BCUT2D eigenvalue weighted by Gasteiger charge is -2.12. The molecule has 0 aliphatic rings. The number of anilines is 1. The van der Waals surface area contributed by atoms with Crippen LogP contribution in [0.15, 0.2) is 55.8 Å². The minimum atomic E-state index is -0.335. The first-order valence-corrected chi connectivity index (χ1v) is 9.73. The average molecular weight is 516 g/mol. The number of benzene rings is 2. The third kappa shape index (κ3) is 4.38. The van der Waals surface area contributed by atoms with Gasteiger partial charge in [-0.2, -0.15) is 0 Å². The molecule has 1 aromatic heterocycles. The summed E-state index contributed by atoms with van der Waals surface area (Å²) in [4.78, 5) is 12.7. The summed E-state index contributed by atoms with van der Waals surface area (Å²) in [7, 11) is 1.50. The Labute approximate surface area is 177 Å². The van der Waals surface area contributed by atoms with E-state index in [0.717, 1.165) is 4.47 Å². The lowest BCUT2D eigenvalue weighted by atomic mass is 10.1. The number of halogens is 3. The van der Waals surface area contributed by atoms with E-state index in [1.54, 1.807) is 42.5 Å². The van der Waals surface area contributed by atoms with Gasteiger partial charge in [0.25, 0.3) is 5.91 Å². The van der Waals surface area contributed by atoms with Crippen molar-refractivity contribution in [1.29, 1.82) is 0 Å². The van der Waals surface area contributed by atoms with Crippen molar-refractivity contribution >= 4 is 55.1 Å². The number of carbonyl (C=O) groups excluding carboxylic acids is 1. The molecule has 5 nitrogen and oxygen atoms in total. The number of carbonyl (C=O) groups is 1. The van der Waals surface area contributed by atoms with Crippen LogP contribution >= 0.6 is 43.5 Å². The van der Waals surface area contributed by atoms with Crippen LogP contribution in [0, 0.1) is 0 Å². The maximum atomic E-state index is 12.7. The smallest absolute Gasteiger partial charge is 0.259 e. The second-order valence-corrected chi connectivity index (χ2v) is 7.72. The van der Waals surface area contributed by atoms with E-state index >= 15 is 0 Å². The molecule has 8 heteroatoms. The monoisotopic (exact) mass is 513 g/mol. The highest BCUT2D eigenvalue weighted by Gasteiger charge is 2.17. The van der Waals surface area contributed by atoms with Gasteiger partial charge in [0.1, 0.15) is 23.9 Å². The predicted molar refractivity (Wildman–Crippen MR) is 111 cm³/mol. The first-order chi connectivity index (χ1) is 12.9. The topological polar surface area (TPSA) is 71.7 Å². The molecule has 3 aromatic rings. The van der Waals surface area contributed by atoms with E-state index in [-0.39, 0.29) is 12.5 Å². The molecule has 0 aliphatic heterocycles. The fraction of sp³-hybridized carbons (Fsp3) is 0.105. The van der Waals surface area contributed by atoms with Crippen LogP contribution in [0.3, 0.4) is 0 Å². The van der Waals surface area contributed by atoms with Crippen LogP contribution in [0.1, 0.15) is 16.1 Å². The molecule has 0 saturated carbocycles. The number of hydrogen-bond acceptors (Lipinski definition) is 4. The zero-order valence-corrected chi connectivity index (χ0v) is 18.0. The van der Waals surface area contributed by atoms with Crippen molar-refractivity contribution in [1.82, 2.24) is 0 Å². The molecule has 27 heavy (non-hydrogen) atoms. The second kappa shape index (κ2) is 8.48. The number of hydrogen-bond donors (Lipinski definition) is 2. The van der Waals surface area contributed by atoms with E-state index in [9.17, 15) is 4.79 Å². The van der Waals surface area contributed by atoms with E-state index in [1.807, 2.05) is 0 Å². The molecule has 0 aliphatic carbocycles. The highest BCUT2D eigenvalue weighted by Crippen LogP contribution is 2.34. The Kier molecular flexibility index (Phi) is 6.26. The van der Waals surface area contributed by atoms with Gasteiger partial charge in [0, 0.05) is 15.7 Å². The number of rotatable bonds is 5. The highest BCUT2D eigenvalue weighted by molar-refractivity contribution is 9.11. The van der Waals surface area contributed by atoms with E-state index in [0.29, 0.717) is 43.6 Å². The molecule has 0 saturated heterocycles. The standard InChI is InChI=1S/C19H14Br2ClNO4/c1-26-18-14(6-10(20)7-15(18)21)19(25)23-11-2-4-13(16(22)8-11)17-5-3-12(9-24)27-17/h2-8,24H,9H2,1H3,(H,23,25). The number of nitrogens with one attached hydrogen (secondary N) is 1. The zero-order chi connectivity index (χ0) is 19.6. The van der Waals surface area contributed by atoms with Gasteiger partial charge in [-0.25, -0.2) is 0 Å². The van der Waals surface area contributed by atoms with Gasteiger partial charge < -0.3 is 19.6 Å². The fourth-order valence-corrected chi connectivity index (χ4v) is 4.20. The molecular formula is C19H14Br2ClNO4. The Morgan fingerprint density at radius 1 is 1.22 bits per heavy atom. The van der Waals surface area contributed by atoms with Crippen molar-refractivity contribution in [3.05, 3.63) is 67.8 Å². The normalized spacial score (nSPS) is 10.7. The van der Waals surface area contributed by atoms with Crippen molar-refractivity contribution in [2.45, 2.75) is 6.61 Å². The summed E-state index contributed by atoms with van der Waals surface area (Å²) in [5, 5.41) is 12.3. The first-order valence-electron chi connectivity index (χ1n) is 7.76. The van der Waals surface area contributed by atoms with Crippen molar-refractivity contribution in [2.75, 3.05) is 12.4 Å². The summed E-state index contributed by atoms with van der Waals surface area (Å²) in [5.41, 5.74) is 1.57. The van der Waals surface area contributed by atoms with Gasteiger partial charge in [-0.3, -0.25) is 4.79 Å². The number of amides is 1. The summed E-state index contributed by atoms with van der Waals surface area (Å²) in [6.07, 6.45) is 0. The largest absolute Gasteiger partial charge is 0.495 e. The Morgan fingerprint density at radius 3 is 2.63 bits per heavy atom. The average Bonchev–Trinajstić information content (AvgIpc) is 3.10. The lowest BCUT2D eigenvalue weighted by Crippen LogP contribution is -2.13. The third-order valence-electron chi connectivity index (χ3n) is 3.77. The number of ether oxygens (including phenoxy) is 1.